The summed E-state index contributed by atoms with van der Waals surface area (Å²) in [6.07, 6.45) is 7.33. The molecule has 12 heavy (non-hydrogen) atoms. The molecule has 0 spiro atoms. The molecule has 0 aromatic carbocycles. The van der Waals surface area contributed by atoms with Gasteiger partial charge in [-0.1, -0.05) is 32.8 Å². The van der Waals surface area contributed by atoms with Gasteiger partial charge in [0.15, 0.2) is 5.78 Å². The van der Waals surface area contributed by atoms with Gasteiger partial charge in [0.1, 0.15) is 0 Å². The SMILES string of the molecule is CCCC(C)CC1=CCCC1=O. The van der Waals surface area contributed by atoms with Gasteiger partial charge in [-0.05, 0) is 24.3 Å². The van der Waals surface area contributed by atoms with Gasteiger partial charge in [0.05, 0.1) is 0 Å². The third kappa shape index (κ3) is 2.47. The third-order valence-electron chi connectivity index (χ3n) is 2.47. The van der Waals surface area contributed by atoms with E-state index in [2.05, 4.69) is 19.9 Å². The Kier molecular flexibility index (Phi) is 3.51. The first-order valence-corrected chi connectivity index (χ1v) is 4.96. The summed E-state index contributed by atoms with van der Waals surface area (Å²) in [5, 5.41) is 0. The predicted molar refractivity (Wildman–Crippen MR) is 51.0 cm³/mol. The molecule has 0 N–H and O–H groups in total. The lowest BCUT2D eigenvalue weighted by Gasteiger charge is -2.09. The topological polar surface area (TPSA) is 17.1 Å². The lowest BCUT2D eigenvalue weighted by molar-refractivity contribution is -0.115. The fourth-order valence-corrected chi connectivity index (χ4v) is 1.82. The van der Waals surface area contributed by atoms with Gasteiger partial charge in [0.25, 0.3) is 0 Å². The van der Waals surface area contributed by atoms with Crippen molar-refractivity contribution in [2.45, 2.75) is 46.0 Å². The molecule has 1 unspecified atom stereocenters. The molecule has 0 aromatic heterocycles. The molecule has 0 aliphatic heterocycles. The van der Waals surface area contributed by atoms with Gasteiger partial charge >= 0.3 is 0 Å². The Morgan fingerprint density at radius 1 is 1.58 bits per heavy atom. The van der Waals surface area contributed by atoms with Crippen LogP contribution in [0.3, 0.4) is 0 Å². The van der Waals surface area contributed by atoms with Crippen molar-refractivity contribution in [2.75, 3.05) is 0 Å². The van der Waals surface area contributed by atoms with Gasteiger partial charge in [-0.25, -0.2) is 0 Å². The van der Waals surface area contributed by atoms with E-state index in [-0.39, 0.29) is 0 Å². The van der Waals surface area contributed by atoms with E-state index in [1.54, 1.807) is 0 Å². The summed E-state index contributed by atoms with van der Waals surface area (Å²) < 4.78 is 0. The molecule has 0 saturated carbocycles. The van der Waals surface area contributed by atoms with E-state index >= 15 is 0 Å². The Bertz CT molecular complexity index is 191. The minimum atomic E-state index is 0.387. The smallest absolute Gasteiger partial charge is 0.158 e. The van der Waals surface area contributed by atoms with Gasteiger partial charge in [-0.2, -0.15) is 0 Å². The van der Waals surface area contributed by atoms with E-state index in [0.29, 0.717) is 11.7 Å². The van der Waals surface area contributed by atoms with Crippen molar-refractivity contribution < 1.29 is 4.79 Å². The fraction of sp³-hybridized carbons (Fsp3) is 0.727. The minimum absolute atomic E-state index is 0.387. The summed E-state index contributed by atoms with van der Waals surface area (Å²) in [6.45, 7) is 4.43. The number of rotatable bonds is 4. The van der Waals surface area contributed by atoms with Gasteiger partial charge in [-0.15, -0.1) is 0 Å². The van der Waals surface area contributed by atoms with E-state index in [1.807, 2.05) is 0 Å². The molecule has 0 heterocycles. The molecule has 1 atom stereocenters. The molecule has 0 bridgehead atoms. The molecule has 0 amide bonds. The van der Waals surface area contributed by atoms with Crippen LogP contribution in [0, 0.1) is 5.92 Å². The Morgan fingerprint density at radius 3 is 2.83 bits per heavy atom. The second-order valence-corrected chi connectivity index (χ2v) is 3.79. The minimum Gasteiger partial charge on any atom is -0.295 e. The van der Waals surface area contributed by atoms with Crippen LogP contribution < -0.4 is 0 Å². The maximum absolute atomic E-state index is 11.2. The van der Waals surface area contributed by atoms with Crippen LogP contribution in [-0.4, -0.2) is 5.78 Å². The molecule has 0 aromatic rings. The lowest BCUT2D eigenvalue weighted by atomic mass is 9.96. The Balaban J connectivity index is 2.35. The number of hydrogen-bond acceptors (Lipinski definition) is 1. The van der Waals surface area contributed by atoms with E-state index in [9.17, 15) is 4.79 Å². The van der Waals surface area contributed by atoms with Crippen LogP contribution in [0.25, 0.3) is 0 Å². The number of ketones is 1. The zero-order valence-corrected chi connectivity index (χ0v) is 8.10. The molecule has 1 rings (SSSR count). The summed E-state index contributed by atoms with van der Waals surface area (Å²) in [5.74, 6) is 1.07. The highest BCUT2D eigenvalue weighted by Crippen LogP contribution is 2.23. The highest BCUT2D eigenvalue weighted by molar-refractivity contribution is 5.97. The zero-order valence-electron chi connectivity index (χ0n) is 8.10. The standard InChI is InChI=1S/C11H18O/c1-3-5-9(2)8-10-6-4-7-11(10)12/h6,9H,3-5,7-8H2,1-2H3. The van der Waals surface area contributed by atoms with Crippen molar-refractivity contribution >= 4 is 5.78 Å². The van der Waals surface area contributed by atoms with Crippen molar-refractivity contribution in [1.82, 2.24) is 0 Å². The second kappa shape index (κ2) is 4.44. The summed E-state index contributed by atoms with van der Waals surface area (Å²) in [7, 11) is 0. The Labute approximate surface area is 74.9 Å². The molecule has 0 saturated heterocycles. The second-order valence-electron chi connectivity index (χ2n) is 3.79. The van der Waals surface area contributed by atoms with Crippen LogP contribution in [0.2, 0.25) is 0 Å². The third-order valence-corrected chi connectivity index (χ3v) is 2.47. The van der Waals surface area contributed by atoms with Crippen molar-refractivity contribution in [3.05, 3.63) is 11.6 Å². The van der Waals surface area contributed by atoms with Gasteiger partial charge in [0.2, 0.25) is 0 Å². The van der Waals surface area contributed by atoms with Crippen LogP contribution in [-0.2, 0) is 4.79 Å². The van der Waals surface area contributed by atoms with Crippen LogP contribution >= 0.6 is 0 Å². The summed E-state index contributed by atoms with van der Waals surface area (Å²) in [6, 6.07) is 0. The lowest BCUT2D eigenvalue weighted by Crippen LogP contribution is -2.02. The molecular formula is C11H18O. The Morgan fingerprint density at radius 2 is 2.33 bits per heavy atom. The van der Waals surface area contributed by atoms with E-state index in [4.69, 9.17) is 0 Å². The van der Waals surface area contributed by atoms with E-state index in [0.717, 1.165) is 24.8 Å². The number of allylic oxidation sites excluding steroid dienone is 2. The Hall–Kier alpha value is -0.590. The number of carbonyl (C=O) groups excluding carboxylic acids is 1. The quantitative estimate of drug-likeness (QED) is 0.627. The molecule has 0 radical (unpaired) electrons. The molecule has 68 valence electrons. The fourth-order valence-electron chi connectivity index (χ4n) is 1.82. The average Bonchev–Trinajstić information content (AvgIpc) is 2.37. The van der Waals surface area contributed by atoms with Crippen molar-refractivity contribution in [1.29, 1.82) is 0 Å². The maximum Gasteiger partial charge on any atom is 0.158 e. The van der Waals surface area contributed by atoms with Crippen LogP contribution in [0.4, 0.5) is 0 Å². The van der Waals surface area contributed by atoms with Crippen LogP contribution in [0.5, 0.6) is 0 Å². The van der Waals surface area contributed by atoms with Crippen molar-refractivity contribution in [2.24, 2.45) is 5.92 Å². The summed E-state index contributed by atoms with van der Waals surface area (Å²) in [4.78, 5) is 11.2. The number of hydrogen-bond donors (Lipinski definition) is 0. The summed E-state index contributed by atoms with van der Waals surface area (Å²) >= 11 is 0. The van der Waals surface area contributed by atoms with E-state index < -0.39 is 0 Å². The average molecular weight is 166 g/mol. The highest BCUT2D eigenvalue weighted by Gasteiger charge is 2.16. The van der Waals surface area contributed by atoms with Gasteiger partial charge in [-0.3, -0.25) is 4.79 Å². The molecule has 1 aliphatic rings. The molecule has 1 nitrogen and oxygen atoms in total. The molecular weight excluding hydrogens is 148 g/mol. The van der Waals surface area contributed by atoms with Crippen molar-refractivity contribution in [3.63, 3.8) is 0 Å². The van der Waals surface area contributed by atoms with Gasteiger partial charge in [0, 0.05) is 6.42 Å². The molecule has 0 fully saturated rings. The largest absolute Gasteiger partial charge is 0.295 e. The van der Waals surface area contributed by atoms with Crippen molar-refractivity contribution in [3.8, 4) is 0 Å². The molecule has 1 heteroatoms. The monoisotopic (exact) mass is 166 g/mol. The first-order valence-electron chi connectivity index (χ1n) is 4.96. The summed E-state index contributed by atoms with van der Waals surface area (Å²) in [5.41, 5.74) is 1.09. The highest BCUT2D eigenvalue weighted by atomic mass is 16.1. The number of Topliss-reactive ketones (excluding diaryl/α,β-unsaturated/α-hetero) is 1. The first kappa shape index (κ1) is 9.50. The first-order chi connectivity index (χ1) is 5.74. The normalized spacial score (nSPS) is 19.5. The van der Waals surface area contributed by atoms with Crippen LogP contribution in [0.15, 0.2) is 11.6 Å². The van der Waals surface area contributed by atoms with Crippen LogP contribution in [0.1, 0.15) is 46.0 Å². The molecule has 1 aliphatic carbocycles. The maximum atomic E-state index is 11.2. The number of carbonyl (C=O) groups is 1. The van der Waals surface area contributed by atoms with Gasteiger partial charge < -0.3 is 0 Å². The zero-order chi connectivity index (χ0) is 8.97. The van der Waals surface area contributed by atoms with E-state index in [1.165, 1.54) is 12.8 Å². The predicted octanol–water partition coefficient (Wildman–Crippen LogP) is 3.10.